The van der Waals surface area contributed by atoms with Crippen LogP contribution >= 0.6 is 11.8 Å². The van der Waals surface area contributed by atoms with Crippen LogP contribution in [0.1, 0.15) is 49.7 Å². The topological polar surface area (TPSA) is 102 Å². The number of fused-ring (bicyclic) bond motifs is 1. The van der Waals surface area contributed by atoms with Crippen LogP contribution in [-0.2, 0) is 20.9 Å². The lowest BCUT2D eigenvalue weighted by Crippen LogP contribution is -2.38. The summed E-state index contributed by atoms with van der Waals surface area (Å²) in [5, 5.41) is 7.16. The number of benzene rings is 2. The molecule has 2 amide bonds. The third kappa shape index (κ3) is 6.93. The summed E-state index contributed by atoms with van der Waals surface area (Å²) in [5.41, 5.74) is 3.59. The smallest absolute Gasteiger partial charge is 0.262 e. The average molecular weight is 563 g/mol. The number of amides is 2. The van der Waals surface area contributed by atoms with E-state index in [0.29, 0.717) is 29.1 Å². The first kappa shape index (κ1) is 28.4. The molecule has 2 heterocycles. The molecule has 1 atom stereocenters. The van der Waals surface area contributed by atoms with Crippen LogP contribution in [0.5, 0.6) is 0 Å². The van der Waals surface area contributed by atoms with E-state index in [1.54, 1.807) is 10.6 Å². The summed E-state index contributed by atoms with van der Waals surface area (Å²) < 4.78 is 7.36. The molecule has 3 aromatic rings. The van der Waals surface area contributed by atoms with Crippen molar-refractivity contribution in [1.29, 1.82) is 0 Å². The molecule has 1 saturated heterocycles. The van der Waals surface area contributed by atoms with Crippen LogP contribution < -0.4 is 16.2 Å². The first-order valence-electron chi connectivity index (χ1n) is 14.3. The highest BCUT2D eigenvalue weighted by atomic mass is 32.2. The molecule has 2 fully saturated rings. The Labute approximate surface area is 239 Å². The molecule has 1 aliphatic carbocycles. The van der Waals surface area contributed by atoms with Gasteiger partial charge in [-0.1, -0.05) is 30.0 Å². The minimum atomic E-state index is -0.142. The Bertz CT molecular complexity index is 1420. The summed E-state index contributed by atoms with van der Waals surface area (Å²) in [6.07, 6.45) is 5.56. The van der Waals surface area contributed by atoms with Crippen molar-refractivity contribution in [3.8, 4) is 0 Å². The van der Waals surface area contributed by atoms with E-state index in [4.69, 9.17) is 9.72 Å². The molecule has 212 valence electrons. The number of nitrogens with one attached hydrogen (secondary N) is 2. The number of thioether (sulfide) groups is 1. The summed E-state index contributed by atoms with van der Waals surface area (Å²) in [7, 11) is 0. The summed E-state index contributed by atoms with van der Waals surface area (Å²) >= 11 is 1.29. The molecule has 2 aromatic carbocycles. The van der Waals surface area contributed by atoms with E-state index in [0.717, 1.165) is 56.4 Å². The summed E-state index contributed by atoms with van der Waals surface area (Å²) in [5.74, 6) is 0.398. The van der Waals surface area contributed by atoms with Crippen LogP contribution in [0, 0.1) is 25.7 Å². The zero-order valence-corrected chi connectivity index (χ0v) is 24.1. The van der Waals surface area contributed by atoms with E-state index >= 15 is 0 Å². The largest absolute Gasteiger partial charge is 0.376 e. The Kier molecular flexibility index (Phi) is 9.22. The Morgan fingerprint density at radius 3 is 2.60 bits per heavy atom. The number of hydrogen-bond acceptors (Lipinski definition) is 6. The van der Waals surface area contributed by atoms with E-state index in [2.05, 4.69) is 10.6 Å². The molecule has 2 N–H and O–H groups in total. The molecule has 1 aromatic heterocycles. The first-order valence-corrected chi connectivity index (χ1v) is 15.2. The van der Waals surface area contributed by atoms with E-state index in [-0.39, 0.29) is 41.1 Å². The molecule has 1 saturated carbocycles. The number of rotatable bonds is 9. The van der Waals surface area contributed by atoms with E-state index in [1.807, 2.05) is 50.2 Å². The molecule has 8 nitrogen and oxygen atoms in total. The summed E-state index contributed by atoms with van der Waals surface area (Å²) in [4.78, 5) is 43.8. The first-order chi connectivity index (χ1) is 19.4. The number of aryl methyl sites for hydroxylation is 2. The number of carbonyl (C=O) groups excluding carboxylic acids is 2. The molecular weight excluding hydrogens is 524 g/mol. The van der Waals surface area contributed by atoms with Gasteiger partial charge in [0.1, 0.15) is 0 Å². The van der Waals surface area contributed by atoms with Gasteiger partial charge in [0.15, 0.2) is 5.16 Å². The number of para-hydroxylation sites is 1. The van der Waals surface area contributed by atoms with Gasteiger partial charge in [0.2, 0.25) is 11.8 Å². The lowest BCUT2D eigenvalue weighted by molar-refractivity contribution is -0.126. The number of ether oxygens (including phenoxy) is 1. The maximum absolute atomic E-state index is 13.5. The number of carbonyl (C=O) groups is 2. The Morgan fingerprint density at radius 1 is 1.05 bits per heavy atom. The predicted octanol–water partition coefficient (Wildman–Crippen LogP) is 4.85. The standard InChI is InChI=1S/C31H38N4O4S/c1-20-9-14-24(16-21(20)2)33-28(36)19-40-31-34-27-8-4-3-7-26(27)30(38)35(31)18-22-10-12-23(13-11-22)29(37)32-17-25-6-5-15-39-25/h3-4,7-9,14,16,22-23,25H,5-6,10-13,15,17-19H2,1-2H3,(H,32,37)(H,33,36). The van der Waals surface area contributed by atoms with Crippen molar-refractivity contribution >= 4 is 40.2 Å². The van der Waals surface area contributed by atoms with Crippen LogP contribution in [0.25, 0.3) is 10.9 Å². The van der Waals surface area contributed by atoms with Gasteiger partial charge in [-0.15, -0.1) is 0 Å². The van der Waals surface area contributed by atoms with Crippen LogP contribution in [-0.4, -0.2) is 46.4 Å². The predicted molar refractivity (Wildman–Crippen MR) is 159 cm³/mol. The van der Waals surface area contributed by atoms with Gasteiger partial charge in [-0.05, 0) is 93.7 Å². The molecule has 40 heavy (non-hydrogen) atoms. The molecule has 5 rings (SSSR count). The van der Waals surface area contributed by atoms with Crippen molar-refractivity contribution in [2.75, 3.05) is 24.2 Å². The molecule has 2 aliphatic rings. The van der Waals surface area contributed by atoms with Gasteiger partial charge in [-0.25, -0.2) is 4.98 Å². The number of aromatic nitrogens is 2. The maximum Gasteiger partial charge on any atom is 0.262 e. The van der Waals surface area contributed by atoms with Crippen LogP contribution in [0.15, 0.2) is 52.4 Å². The third-order valence-electron chi connectivity index (χ3n) is 8.14. The van der Waals surface area contributed by atoms with E-state index in [1.165, 1.54) is 17.3 Å². The minimum Gasteiger partial charge on any atom is -0.376 e. The van der Waals surface area contributed by atoms with E-state index < -0.39 is 0 Å². The lowest BCUT2D eigenvalue weighted by atomic mass is 9.81. The number of anilines is 1. The molecule has 0 radical (unpaired) electrons. The second-order valence-electron chi connectivity index (χ2n) is 11.1. The zero-order chi connectivity index (χ0) is 28.1. The lowest BCUT2D eigenvalue weighted by Gasteiger charge is -2.29. The third-order valence-corrected chi connectivity index (χ3v) is 9.11. The Morgan fingerprint density at radius 2 is 1.85 bits per heavy atom. The van der Waals surface area contributed by atoms with Gasteiger partial charge in [0, 0.05) is 31.3 Å². The highest BCUT2D eigenvalue weighted by molar-refractivity contribution is 7.99. The van der Waals surface area contributed by atoms with Crippen molar-refractivity contribution in [3.05, 3.63) is 63.9 Å². The molecular formula is C31H38N4O4S. The number of nitrogens with zero attached hydrogens (tertiary/aromatic N) is 2. The van der Waals surface area contributed by atoms with Gasteiger partial charge in [-0.3, -0.25) is 19.0 Å². The molecule has 1 unspecified atom stereocenters. The van der Waals surface area contributed by atoms with Gasteiger partial charge in [0.25, 0.3) is 5.56 Å². The van der Waals surface area contributed by atoms with Crippen LogP contribution in [0.3, 0.4) is 0 Å². The van der Waals surface area contributed by atoms with Gasteiger partial charge < -0.3 is 15.4 Å². The molecule has 9 heteroatoms. The number of hydrogen-bond donors (Lipinski definition) is 2. The SMILES string of the molecule is Cc1ccc(NC(=O)CSc2nc3ccccc3c(=O)n2CC2CCC(C(=O)NCC3CCCO3)CC2)cc1C. The van der Waals surface area contributed by atoms with Gasteiger partial charge in [-0.2, -0.15) is 0 Å². The Balaban J connectivity index is 1.23. The maximum atomic E-state index is 13.5. The fourth-order valence-electron chi connectivity index (χ4n) is 5.59. The molecule has 1 aliphatic heterocycles. The van der Waals surface area contributed by atoms with Crippen LogP contribution in [0.4, 0.5) is 5.69 Å². The highest BCUT2D eigenvalue weighted by Crippen LogP contribution is 2.31. The minimum absolute atomic E-state index is 0.00653. The van der Waals surface area contributed by atoms with Crippen molar-refractivity contribution < 1.29 is 14.3 Å². The van der Waals surface area contributed by atoms with Gasteiger partial charge >= 0.3 is 0 Å². The van der Waals surface area contributed by atoms with Crippen molar-refractivity contribution in [1.82, 2.24) is 14.9 Å². The fraction of sp³-hybridized carbons (Fsp3) is 0.484. The molecule has 0 spiro atoms. The van der Waals surface area contributed by atoms with Crippen molar-refractivity contribution in [3.63, 3.8) is 0 Å². The van der Waals surface area contributed by atoms with Gasteiger partial charge in [0.05, 0.1) is 22.8 Å². The Hall–Kier alpha value is -3.17. The quantitative estimate of drug-likeness (QED) is 0.286. The summed E-state index contributed by atoms with van der Waals surface area (Å²) in [6.45, 7) is 5.96. The highest BCUT2D eigenvalue weighted by Gasteiger charge is 2.28. The van der Waals surface area contributed by atoms with Crippen LogP contribution in [0.2, 0.25) is 0 Å². The van der Waals surface area contributed by atoms with Crippen molar-refractivity contribution in [2.24, 2.45) is 11.8 Å². The summed E-state index contributed by atoms with van der Waals surface area (Å²) in [6, 6.07) is 13.2. The monoisotopic (exact) mass is 562 g/mol. The fourth-order valence-corrected chi connectivity index (χ4v) is 6.40. The second kappa shape index (κ2) is 13.0. The second-order valence-corrected chi connectivity index (χ2v) is 12.0. The van der Waals surface area contributed by atoms with E-state index in [9.17, 15) is 14.4 Å². The zero-order valence-electron chi connectivity index (χ0n) is 23.3. The van der Waals surface area contributed by atoms with Crippen molar-refractivity contribution in [2.45, 2.75) is 70.2 Å². The average Bonchev–Trinajstić information content (AvgIpc) is 3.48. The molecule has 0 bridgehead atoms. The normalized spacial score (nSPS) is 20.9.